The van der Waals surface area contributed by atoms with Crippen LogP contribution in [0.3, 0.4) is 0 Å². The Morgan fingerprint density at radius 1 is 1.00 bits per heavy atom. The molecule has 1 aromatic rings. The van der Waals surface area contributed by atoms with E-state index in [4.69, 9.17) is 0 Å². The van der Waals surface area contributed by atoms with Gasteiger partial charge in [-0.15, -0.1) is 0 Å². The zero-order chi connectivity index (χ0) is 12.7. The Balaban J connectivity index is 1.37. The van der Waals surface area contributed by atoms with Crippen LogP contribution < -0.4 is 5.32 Å². The Morgan fingerprint density at radius 2 is 1.79 bits per heavy atom. The van der Waals surface area contributed by atoms with E-state index >= 15 is 0 Å². The quantitative estimate of drug-likeness (QED) is 0.894. The van der Waals surface area contributed by atoms with Gasteiger partial charge >= 0.3 is 0 Å². The van der Waals surface area contributed by atoms with Crippen LogP contribution in [-0.2, 0) is 6.54 Å². The van der Waals surface area contributed by atoms with E-state index in [1.165, 1.54) is 51.0 Å². The van der Waals surface area contributed by atoms with Crippen molar-refractivity contribution in [3.63, 3.8) is 0 Å². The molecule has 1 saturated carbocycles. The van der Waals surface area contributed by atoms with Crippen LogP contribution in [0.15, 0.2) is 24.3 Å². The molecule has 0 spiro atoms. The van der Waals surface area contributed by atoms with Crippen LogP contribution in [0.2, 0.25) is 0 Å². The van der Waals surface area contributed by atoms with Crippen molar-refractivity contribution in [2.45, 2.75) is 31.7 Å². The lowest BCUT2D eigenvalue weighted by atomic mass is 9.88. The molecule has 2 saturated heterocycles. The van der Waals surface area contributed by atoms with Gasteiger partial charge in [0.2, 0.25) is 0 Å². The van der Waals surface area contributed by atoms with Gasteiger partial charge in [-0.2, -0.15) is 0 Å². The van der Waals surface area contributed by atoms with Crippen molar-refractivity contribution in [3.05, 3.63) is 35.4 Å². The highest BCUT2D eigenvalue weighted by molar-refractivity contribution is 5.28. The second kappa shape index (κ2) is 4.92. The number of nitrogens with one attached hydrogen (secondary N) is 1. The molecule has 1 aromatic carbocycles. The number of fused-ring (bicyclic) bond motifs is 1. The van der Waals surface area contributed by atoms with E-state index in [9.17, 15) is 0 Å². The Bertz CT molecular complexity index is 435. The average Bonchev–Trinajstić information content (AvgIpc) is 3.18. The number of hydrogen-bond acceptors (Lipinski definition) is 2. The normalized spacial score (nSPS) is 31.4. The molecule has 2 atom stereocenters. The van der Waals surface area contributed by atoms with E-state index < -0.39 is 0 Å². The van der Waals surface area contributed by atoms with E-state index in [-0.39, 0.29) is 0 Å². The largest absolute Gasteiger partial charge is 0.316 e. The van der Waals surface area contributed by atoms with E-state index in [1.807, 2.05) is 0 Å². The standard InChI is InChI=1S/C17H24N2/c1-3-14(15-5-6-15)4-2-13(1)11-19-8-7-16-9-18-10-17(16)12-19/h1-4,15-18H,5-12H2. The molecule has 3 fully saturated rings. The van der Waals surface area contributed by atoms with Gasteiger partial charge in [0.25, 0.3) is 0 Å². The molecule has 0 radical (unpaired) electrons. The molecule has 2 unspecified atom stereocenters. The molecule has 1 aliphatic carbocycles. The Labute approximate surface area is 116 Å². The maximum absolute atomic E-state index is 3.55. The molecule has 2 heterocycles. The summed E-state index contributed by atoms with van der Waals surface area (Å²) in [7, 11) is 0. The first kappa shape index (κ1) is 11.9. The molecule has 19 heavy (non-hydrogen) atoms. The summed E-state index contributed by atoms with van der Waals surface area (Å²) in [6.45, 7) is 6.22. The lowest BCUT2D eigenvalue weighted by Crippen LogP contribution is -2.39. The third-order valence-electron chi connectivity index (χ3n) is 5.22. The minimum atomic E-state index is 0.884. The van der Waals surface area contributed by atoms with E-state index in [1.54, 1.807) is 5.56 Å². The maximum Gasteiger partial charge on any atom is 0.0233 e. The molecule has 4 rings (SSSR count). The van der Waals surface area contributed by atoms with Gasteiger partial charge in [0.1, 0.15) is 0 Å². The highest BCUT2D eigenvalue weighted by atomic mass is 15.1. The second-order valence-corrected chi connectivity index (χ2v) is 6.72. The molecule has 2 nitrogen and oxygen atoms in total. The molecule has 3 aliphatic rings. The number of likely N-dealkylation sites (tertiary alicyclic amines) is 1. The van der Waals surface area contributed by atoms with Gasteiger partial charge in [0.15, 0.2) is 0 Å². The third-order valence-corrected chi connectivity index (χ3v) is 5.22. The second-order valence-electron chi connectivity index (χ2n) is 6.72. The van der Waals surface area contributed by atoms with Crippen LogP contribution in [-0.4, -0.2) is 31.1 Å². The van der Waals surface area contributed by atoms with Crippen LogP contribution in [0, 0.1) is 11.8 Å². The van der Waals surface area contributed by atoms with Gasteiger partial charge in [0, 0.05) is 13.1 Å². The fourth-order valence-corrected chi connectivity index (χ4v) is 3.82. The van der Waals surface area contributed by atoms with Gasteiger partial charge in [-0.05, 0) is 67.8 Å². The van der Waals surface area contributed by atoms with Gasteiger partial charge in [0.05, 0.1) is 0 Å². The van der Waals surface area contributed by atoms with Crippen LogP contribution in [0.4, 0.5) is 0 Å². The first-order valence-corrected chi connectivity index (χ1v) is 7.90. The first-order valence-electron chi connectivity index (χ1n) is 7.90. The topological polar surface area (TPSA) is 15.3 Å². The van der Waals surface area contributed by atoms with E-state index in [0.717, 1.165) is 24.3 Å². The van der Waals surface area contributed by atoms with Crippen molar-refractivity contribution in [3.8, 4) is 0 Å². The maximum atomic E-state index is 3.55. The minimum Gasteiger partial charge on any atom is -0.316 e. The fraction of sp³-hybridized carbons (Fsp3) is 0.647. The molecule has 0 amide bonds. The lowest BCUT2D eigenvalue weighted by molar-refractivity contribution is 0.142. The molecule has 2 aliphatic heterocycles. The van der Waals surface area contributed by atoms with E-state index in [0.29, 0.717) is 0 Å². The average molecular weight is 256 g/mol. The zero-order valence-corrected chi connectivity index (χ0v) is 11.6. The Hall–Kier alpha value is -0.860. The van der Waals surface area contributed by atoms with Crippen molar-refractivity contribution in [2.24, 2.45) is 11.8 Å². The number of rotatable bonds is 3. The summed E-state index contributed by atoms with van der Waals surface area (Å²) >= 11 is 0. The molecule has 0 bridgehead atoms. The first-order chi connectivity index (χ1) is 9.38. The summed E-state index contributed by atoms with van der Waals surface area (Å²) in [6, 6.07) is 9.42. The number of nitrogens with zero attached hydrogens (tertiary/aromatic N) is 1. The van der Waals surface area contributed by atoms with Crippen LogP contribution in [0.5, 0.6) is 0 Å². The van der Waals surface area contributed by atoms with Crippen LogP contribution in [0.1, 0.15) is 36.3 Å². The minimum absolute atomic E-state index is 0.884. The van der Waals surface area contributed by atoms with Crippen molar-refractivity contribution >= 4 is 0 Å². The summed E-state index contributed by atoms with van der Waals surface area (Å²) < 4.78 is 0. The Morgan fingerprint density at radius 3 is 2.58 bits per heavy atom. The summed E-state index contributed by atoms with van der Waals surface area (Å²) in [6.07, 6.45) is 4.20. The monoisotopic (exact) mass is 256 g/mol. The zero-order valence-electron chi connectivity index (χ0n) is 11.6. The van der Waals surface area contributed by atoms with Crippen LogP contribution in [0.25, 0.3) is 0 Å². The van der Waals surface area contributed by atoms with Crippen molar-refractivity contribution < 1.29 is 0 Å². The van der Waals surface area contributed by atoms with Crippen molar-refractivity contribution in [1.29, 1.82) is 0 Å². The van der Waals surface area contributed by atoms with Gasteiger partial charge in [-0.25, -0.2) is 0 Å². The molecular formula is C17H24N2. The highest BCUT2D eigenvalue weighted by Gasteiger charge is 2.32. The summed E-state index contributed by atoms with van der Waals surface area (Å²) in [4.78, 5) is 2.65. The van der Waals surface area contributed by atoms with Crippen molar-refractivity contribution in [1.82, 2.24) is 10.2 Å². The predicted molar refractivity (Wildman–Crippen MR) is 78.2 cm³/mol. The van der Waals surface area contributed by atoms with Gasteiger partial charge in [-0.3, -0.25) is 4.90 Å². The summed E-state index contributed by atoms with van der Waals surface area (Å²) in [5.41, 5.74) is 3.05. The third kappa shape index (κ3) is 2.56. The number of piperidine rings is 1. The summed E-state index contributed by atoms with van der Waals surface area (Å²) in [5, 5.41) is 3.55. The molecule has 2 heteroatoms. The smallest absolute Gasteiger partial charge is 0.0233 e. The molecule has 102 valence electrons. The Kier molecular flexibility index (Phi) is 3.08. The fourth-order valence-electron chi connectivity index (χ4n) is 3.82. The van der Waals surface area contributed by atoms with E-state index in [2.05, 4.69) is 34.5 Å². The van der Waals surface area contributed by atoms with Gasteiger partial charge in [-0.1, -0.05) is 24.3 Å². The van der Waals surface area contributed by atoms with Gasteiger partial charge < -0.3 is 5.32 Å². The predicted octanol–water partition coefficient (Wildman–Crippen LogP) is 2.61. The molecule has 0 aromatic heterocycles. The number of benzene rings is 1. The lowest BCUT2D eigenvalue weighted by Gasteiger charge is -2.34. The van der Waals surface area contributed by atoms with Crippen LogP contribution >= 0.6 is 0 Å². The summed E-state index contributed by atoms with van der Waals surface area (Å²) in [5.74, 6) is 2.74. The molecule has 1 N–H and O–H groups in total. The highest BCUT2D eigenvalue weighted by Crippen LogP contribution is 2.40. The number of hydrogen-bond donors (Lipinski definition) is 1. The SMILES string of the molecule is c1cc(C2CC2)ccc1CN1CCC2CNCC2C1. The van der Waals surface area contributed by atoms with Crippen molar-refractivity contribution in [2.75, 3.05) is 26.2 Å². The molecular weight excluding hydrogens is 232 g/mol.